The summed E-state index contributed by atoms with van der Waals surface area (Å²) >= 11 is 0. The zero-order valence-electron chi connectivity index (χ0n) is 8.28. The van der Waals surface area contributed by atoms with Gasteiger partial charge in [0, 0.05) is 6.42 Å². The summed E-state index contributed by atoms with van der Waals surface area (Å²) in [7, 11) is 0. The smallest absolute Gasteiger partial charge is 0.119 e. The number of carbonyl (C=O) groups excluding carboxylic acids is 1. The number of hydrogen-bond donors (Lipinski definition) is 1. The van der Waals surface area contributed by atoms with E-state index in [2.05, 4.69) is 0 Å². The van der Waals surface area contributed by atoms with Gasteiger partial charge in [0.25, 0.3) is 0 Å². The molecule has 0 aromatic heterocycles. The molecule has 1 aromatic carbocycles. The van der Waals surface area contributed by atoms with E-state index in [0.29, 0.717) is 12.2 Å². The number of rotatable bonds is 6. The Balaban J connectivity index is 2.21. The van der Waals surface area contributed by atoms with Gasteiger partial charge in [-0.2, -0.15) is 0 Å². The van der Waals surface area contributed by atoms with Crippen LogP contribution in [-0.4, -0.2) is 11.4 Å². The summed E-state index contributed by atoms with van der Waals surface area (Å²) in [5, 5.41) is 9.21. The van der Waals surface area contributed by atoms with Crippen molar-refractivity contribution in [2.45, 2.75) is 32.1 Å². The Kier molecular flexibility index (Phi) is 4.76. The van der Waals surface area contributed by atoms with Crippen LogP contribution in [0.3, 0.4) is 0 Å². The lowest BCUT2D eigenvalue weighted by Gasteiger charge is -2.01. The molecule has 0 heterocycles. The molecule has 0 unspecified atom stereocenters. The van der Waals surface area contributed by atoms with E-state index in [-0.39, 0.29) is 0 Å². The molecule has 1 N–H and O–H groups in total. The summed E-state index contributed by atoms with van der Waals surface area (Å²) in [6.45, 7) is 0. The van der Waals surface area contributed by atoms with Gasteiger partial charge in [0.2, 0.25) is 0 Å². The number of unbranched alkanes of at least 4 members (excludes halogenated alkanes) is 3. The van der Waals surface area contributed by atoms with E-state index < -0.39 is 0 Å². The third-order valence-corrected chi connectivity index (χ3v) is 2.20. The minimum atomic E-state index is 0.329. The number of phenols is 1. The average Bonchev–Trinajstić information content (AvgIpc) is 2.18. The number of aryl methyl sites for hydroxylation is 1. The fourth-order valence-corrected chi connectivity index (χ4v) is 1.45. The minimum absolute atomic E-state index is 0.329. The van der Waals surface area contributed by atoms with Gasteiger partial charge in [0.15, 0.2) is 0 Å². The Morgan fingerprint density at radius 2 is 2.07 bits per heavy atom. The van der Waals surface area contributed by atoms with Crippen molar-refractivity contribution in [1.82, 2.24) is 0 Å². The van der Waals surface area contributed by atoms with Crippen LogP contribution in [0.15, 0.2) is 24.3 Å². The first-order valence-corrected chi connectivity index (χ1v) is 5.04. The average molecular weight is 192 g/mol. The first kappa shape index (κ1) is 10.8. The third-order valence-electron chi connectivity index (χ3n) is 2.20. The van der Waals surface area contributed by atoms with Gasteiger partial charge in [0.1, 0.15) is 12.0 Å². The summed E-state index contributed by atoms with van der Waals surface area (Å²) in [5.74, 6) is 0.329. The highest BCUT2D eigenvalue weighted by atomic mass is 16.3. The molecule has 76 valence electrons. The van der Waals surface area contributed by atoms with E-state index in [9.17, 15) is 9.90 Å². The molecule has 2 heteroatoms. The van der Waals surface area contributed by atoms with Crippen molar-refractivity contribution in [1.29, 1.82) is 0 Å². The van der Waals surface area contributed by atoms with Crippen molar-refractivity contribution in [3.8, 4) is 5.75 Å². The van der Waals surface area contributed by atoms with Crippen LogP contribution in [0.25, 0.3) is 0 Å². The molecular formula is C12H16O2. The quantitative estimate of drug-likeness (QED) is 0.555. The first-order valence-electron chi connectivity index (χ1n) is 5.04. The topological polar surface area (TPSA) is 37.3 Å². The molecule has 0 aliphatic carbocycles. The third kappa shape index (κ3) is 4.08. The predicted octanol–water partition coefficient (Wildman–Crippen LogP) is 2.69. The van der Waals surface area contributed by atoms with Crippen LogP contribution in [0.4, 0.5) is 0 Å². The number of aldehydes is 1. The van der Waals surface area contributed by atoms with E-state index in [0.717, 1.165) is 37.5 Å². The summed E-state index contributed by atoms with van der Waals surface area (Å²) < 4.78 is 0. The fraction of sp³-hybridized carbons (Fsp3) is 0.417. The first-order chi connectivity index (χ1) is 6.83. The summed E-state index contributed by atoms with van der Waals surface area (Å²) in [6, 6.07) is 7.34. The van der Waals surface area contributed by atoms with Crippen LogP contribution in [0.2, 0.25) is 0 Å². The number of benzene rings is 1. The van der Waals surface area contributed by atoms with E-state index in [4.69, 9.17) is 0 Å². The van der Waals surface area contributed by atoms with E-state index in [1.807, 2.05) is 12.1 Å². The van der Waals surface area contributed by atoms with Crippen molar-refractivity contribution in [3.05, 3.63) is 29.8 Å². The molecule has 2 nitrogen and oxygen atoms in total. The Morgan fingerprint density at radius 3 is 2.79 bits per heavy atom. The van der Waals surface area contributed by atoms with Crippen LogP contribution < -0.4 is 0 Å². The maximum Gasteiger partial charge on any atom is 0.119 e. The van der Waals surface area contributed by atoms with Gasteiger partial charge in [0.05, 0.1) is 0 Å². The highest BCUT2D eigenvalue weighted by Gasteiger charge is 1.94. The van der Waals surface area contributed by atoms with Crippen molar-refractivity contribution in [2.75, 3.05) is 0 Å². The standard InChI is InChI=1S/C12H16O2/c13-9-4-2-1-3-6-11-7-5-8-12(14)10-11/h5,7-10,14H,1-4,6H2. The second-order valence-electron chi connectivity index (χ2n) is 3.44. The van der Waals surface area contributed by atoms with E-state index >= 15 is 0 Å². The maximum atomic E-state index is 10.0. The van der Waals surface area contributed by atoms with Gasteiger partial charge in [-0.15, -0.1) is 0 Å². The number of hydrogen-bond acceptors (Lipinski definition) is 2. The van der Waals surface area contributed by atoms with E-state index in [1.54, 1.807) is 12.1 Å². The molecule has 0 saturated heterocycles. The highest BCUT2D eigenvalue weighted by molar-refractivity contribution is 5.48. The second kappa shape index (κ2) is 6.19. The fourth-order valence-electron chi connectivity index (χ4n) is 1.45. The lowest BCUT2D eigenvalue weighted by Crippen LogP contribution is -1.86. The van der Waals surface area contributed by atoms with Crippen molar-refractivity contribution < 1.29 is 9.90 Å². The molecule has 1 aromatic rings. The Morgan fingerprint density at radius 1 is 1.21 bits per heavy atom. The van der Waals surface area contributed by atoms with Crippen LogP contribution >= 0.6 is 0 Å². The molecule has 1 rings (SSSR count). The zero-order valence-corrected chi connectivity index (χ0v) is 8.28. The van der Waals surface area contributed by atoms with Gasteiger partial charge < -0.3 is 9.90 Å². The largest absolute Gasteiger partial charge is 0.508 e. The number of aromatic hydroxyl groups is 1. The zero-order chi connectivity index (χ0) is 10.2. The molecule has 0 aliphatic heterocycles. The van der Waals surface area contributed by atoms with Gasteiger partial charge >= 0.3 is 0 Å². The van der Waals surface area contributed by atoms with Crippen molar-refractivity contribution >= 4 is 6.29 Å². The van der Waals surface area contributed by atoms with Crippen LogP contribution in [0.1, 0.15) is 31.2 Å². The lowest BCUT2D eigenvalue weighted by atomic mass is 10.1. The summed E-state index contributed by atoms with van der Waals surface area (Å²) in [5.41, 5.74) is 1.16. The molecule has 0 radical (unpaired) electrons. The molecule has 14 heavy (non-hydrogen) atoms. The molecule has 0 spiro atoms. The van der Waals surface area contributed by atoms with Crippen molar-refractivity contribution in [2.24, 2.45) is 0 Å². The molecule has 0 bridgehead atoms. The normalized spacial score (nSPS) is 10.0. The maximum absolute atomic E-state index is 10.0. The van der Waals surface area contributed by atoms with Gasteiger partial charge in [-0.1, -0.05) is 18.6 Å². The summed E-state index contributed by atoms with van der Waals surface area (Å²) in [4.78, 5) is 10.0. The predicted molar refractivity (Wildman–Crippen MR) is 56.3 cm³/mol. The van der Waals surface area contributed by atoms with Crippen LogP contribution in [0, 0.1) is 0 Å². The molecule has 0 atom stereocenters. The summed E-state index contributed by atoms with van der Waals surface area (Å²) in [6.07, 6.45) is 5.75. The van der Waals surface area contributed by atoms with E-state index in [1.165, 1.54) is 0 Å². The van der Waals surface area contributed by atoms with Gasteiger partial charge in [-0.05, 0) is 37.0 Å². The molecule has 0 fully saturated rings. The Labute approximate surface area is 84.6 Å². The number of phenolic OH excluding ortho intramolecular Hbond substituents is 1. The molecule has 0 amide bonds. The van der Waals surface area contributed by atoms with Crippen LogP contribution in [0.5, 0.6) is 5.75 Å². The van der Waals surface area contributed by atoms with Crippen LogP contribution in [-0.2, 0) is 11.2 Å². The number of carbonyl (C=O) groups is 1. The van der Waals surface area contributed by atoms with Crippen molar-refractivity contribution in [3.63, 3.8) is 0 Å². The van der Waals surface area contributed by atoms with Gasteiger partial charge in [-0.25, -0.2) is 0 Å². The monoisotopic (exact) mass is 192 g/mol. The molecule has 0 saturated carbocycles. The lowest BCUT2D eigenvalue weighted by molar-refractivity contribution is -0.107. The SMILES string of the molecule is O=CCCCCCc1cccc(O)c1. The minimum Gasteiger partial charge on any atom is -0.508 e. The Bertz CT molecular complexity index is 281. The molecule has 0 aliphatic rings. The Hall–Kier alpha value is -1.31. The highest BCUT2D eigenvalue weighted by Crippen LogP contribution is 2.13. The molecular weight excluding hydrogens is 176 g/mol. The second-order valence-corrected chi connectivity index (χ2v) is 3.44. The van der Waals surface area contributed by atoms with Gasteiger partial charge in [-0.3, -0.25) is 0 Å².